The summed E-state index contributed by atoms with van der Waals surface area (Å²) >= 11 is 1.08. The average Bonchev–Trinajstić information content (AvgIpc) is 2.11. The summed E-state index contributed by atoms with van der Waals surface area (Å²) in [4.78, 5) is 11.2. The van der Waals surface area contributed by atoms with E-state index in [1.54, 1.807) is 6.92 Å². The van der Waals surface area contributed by atoms with E-state index in [1.165, 1.54) is 0 Å². The number of hydrogen-bond donors (Lipinski definition) is 2. The van der Waals surface area contributed by atoms with Crippen molar-refractivity contribution in [3.63, 3.8) is 0 Å². The molecule has 0 heterocycles. The van der Waals surface area contributed by atoms with Gasteiger partial charge in [-0.15, -0.1) is 11.8 Å². The first-order valence-corrected chi connectivity index (χ1v) is 5.12. The zero-order chi connectivity index (χ0) is 9.56. The van der Waals surface area contributed by atoms with Crippen molar-refractivity contribution in [1.29, 1.82) is 0 Å². The molecule has 0 spiro atoms. The van der Waals surface area contributed by atoms with Crippen molar-refractivity contribution in [2.24, 2.45) is 5.92 Å². The lowest BCUT2D eigenvalue weighted by atomic mass is 10.0. The summed E-state index contributed by atoms with van der Waals surface area (Å²) in [7, 11) is 0. The van der Waals surface area contributed by atoms with Gasteiger partial charge in [0.15, 0.2) is 11.2 Å². The van der Waals surface area contributed by atoms with Gasteiger partial charge in [0.1, 0.15) is 0 Å². The quantitative estimate of drug-likeness (QED) is 0.607. The van der Waals surface area contributed by atoms with E-state index in [9.17, 15) is 9.90 Å². The highest BCUT2D eigenvalue weighted by Crippen LogP contribution is 2.14. The Morgan fingerprint density at radius 2 is 2.17 bits per heavy atom. The Morgan fingerprint density at radius 3 is 2.58 bits per heavy atom. The summed E-state index contributed by atoms with van der Waals surface area (Å²) in [5, 5.41) is 17.7. The maximum atomic E-state index is 11.2. The molecule has 2 atom stereocenters. The van der Waals surface area contributed by atoms with E-state index >= 15 is 0 Å². The molecule has 0 amide bonds. The number of aliphatic hydroxyl groups is 2. The van der Waals surface area contributed by atoms with Crippen LogP contribution >= 0.6 is 11.8 Å². The second-order valence-electron chi connectivity index (χ2n) is 2.66. The molecule has 12 heavy (non-hydrogen) atoms. The first kappa shape index (κ1) is 11.9. The molecule has 0 aromatic rings. The third kappa shape index (κ3) is 4.09. The number of aliphatic hydroxyl groups excluding tert-OH is 2. The van der Waals surface area contributed by atoms with Gasteiger partial charge >= 0.3 is 0 Å². The van der Waals surface area contributed by atoms with Gasteiger partial charge in [-0.1, -0.05) is 13.8 Å². The van der Waals surface area contributed by atoms with E-state index in [1.807, 2.05) is 6.92 Å². The summed E-state index contributed by atoms with van der Waals surface area (Å²) in [5.74, 6) is 0.172. The highest BCUT2D eigenvalue weighted by Gasteiger charge is 2.19. The Kier molecular flexibility index (Phi) is 6.42. The van der Waals surface area contributed by atoms with E-state index in [4.69, 9.17) is 5.11 Å². The van der Waals surface area contributed by atoms with Gasteiger partial charge in [0, 0.05) is 11.7 Å². The molecule has 2 unspecified atom stereocenters. The van der Waals surface area contributed by atoms with E-state index in [0.717, 1.165) is 18.2 Å². The van der Waals surface area contributed by atoms with Gasteiger partial charge in [0.2, 0.25) is 0 Å². The molecule has 4 heteroatoms. The van der Waals surface area contributed by atoms with Crippen molar-refractivity contribution >= 4 is 17.5 Å². The number of rotatable bonds is 6. The van der Waals surface area contributed by atoms with Gasteiger partial charge in [0.05, 0.1) is 6.61 Å². The Hall–Kier alpha value is -0.0600. The van der Waals surface area contributed by atoms with Crippen LogP contribution in [0.15, 0.2) is 0 Å². The minimum atomic E-state index is -0.966. The Balaban J connectivity index is 3.75. The van der Waals surface area contributed by atoms with Crippen molar-refractivity contribution in [3.05, 3.63) is 0 Å². The number of ketones is 1. The SMILES string of the molecule is CCC(C)C(=O)C(O)SCCO. The Bertz CT molecular complexity index is 138. The summed E-state index contributed by atoms with van der Waals surface area (Å²) in [6.07, 6.45) is 0.746. The van der Waals surface area contributed by atoms with Crippen LogP contribution in [-0.2, 0) is 4.79 Å². The molecule has 72 valence electrons. The van der Waals surface area contributed by atoms with Crippen LogP contribution in [0, 0.1) is 5.92 Å². The van der Waals surface area contributed by atoms with Crippen LogP contribution < -0.4 is 0 Å². The predicted octanol–water partition coefficient (Wildman–Crippen LogP) is 0.645. The second-order valence-corrected chi connectivity index (χ2v) is 3.85. The number of hydrogen-bond acceptors (Lipinski definition) is 4. The molecular formula is C8H16O3S. The Morgan fingerprint density at radius 1 is 1.58 bits per heavy atom. The fourth-order valence-corrected chi connectivity index (χ4v) is 1.42. The van der Waals surface area contributed by atoms with Gasteiger partial charge in [0.25, 0.3) is 0 Å². The third-order valence-corrected chi connectivity index (χ3v) is 2.67. The lowest BCUT2D eigenvalue weighted by molar-refractivity contribution is -0.126. The molecule has 3 nitrogen and oxygen atoms in total. The smallest absolute Gasteiger partial charge is 0.174 e. The highest BCUT2D eigenvalue weighted by molar-refractivity contribution is 8.00. The summed E-state index contributed by atoms with van der Waals surface area (Å²) < 4.78 is 0. The van der Waals surface area contributed by atoms with Gasteiger partial charge in [-0.2, -0.15) is 0 Å². The zero-order valence-electron chi connectivity index (χ0n) is 7.49. The average molecular weight is 192 g/mol. The van der Waals surface area contributed by atoms with Crippen LogP contribution in [0.25, 0.3) is 0 Å². The van der Waals surface area contributed by atoms with E-state index in [2.05, 4.69) is 0 Å². The maximum absolute atomic E-state index is 11.2. The summed E-state index contributed by atoms with van der Waals surface area (Å²) in [6, 6.07) is 0. The normalized spacial score (nSPS) is 15.7. The molecule has 0 saturated carbocycles. The van der Waals surface area contributed by atoms with Crippen LogP contribution in [0.5, 0.6) is 0 Å². The molecule has 0 aromatic carbocycles. The van der Waals surface area contributed by atoms with E-state index < -0.39 is 5.44 Å². The second kappa shape index (κ2) is 6.46. The van der Waals surface area contributed by atoms with Gasteiger partial charge in [-0.05, 0) is 6.42 Å². The van der Waals surface area contributed by atoms with Crippen molar-refractivity contribution in [2.45, 2.75) is 25.7 Å². The number of carbonyl (C=O) groups is 1. The molecule has 0 bridgehead atoms. The molecule has 0 aliphatic heterocycles. The van der Waals surface area contributed by atoms with Crippen molar-refractivity contribution in [3.8, 4) is 0 Å². The van der Waals surface area contributed by atoms with Crippen LogP contribution in [0.2, 0.25) is 0 Å². The molecule has 0 fully saturated rings. The summed E-state index contributed by atoms with van der Waals surface area (Å²) in [6.45, 7) is 3.70. The molecule has 0 radical (unpaired) electrons. The van der Waals surface area contributed by atoms with Crippen LogP contribution in [-0.4, -0.2) is 33.8 Å². The molecule has 0 saturated heterocycles. The van der Waals surface area contributed by atoms with Crippen molar-refractivity contribution in [1.82, 2.24) is 0 Å². The third-order valence-electron chi connectivity index (χ3n) is 1.71. The lowest BCUT2D eigenvalue weighted by Crippen LogP contribution is -2.23. The van der Waals surface area contributed by atoms with Crippen LogP contribution in [0.1, 0.15) is 20.3 Å². The molecular weight excluding hydrogens is 176 g/mol. The number of Topliss-reactive ketones (excluding diaryl/α,β-unsaturated/α-hetero) is 1. The van der Waals surface area contributed by atoms with Gasteiger partial charge in [-0.25, -0.2) is 0 Å². The molecule has 2 N–H and O–H groups in total. The maximum Gasteiger partial charge on any atom is 0.174 e. The molecule has 0 aliphatic rings. The monoisotopic (exact) mass is 192 g/mol. The number of carbonyl (C=O) groups excluding carboxylic acids is 1. The van der Waals surface area contributed by atoms with Crippen LogP contribution in [0.3, 0.4) is 0 Å². The Labute approximate surface area is 77.2 Å². The van der Waals surface area contributed by atoms with Gasteiger partial charge < -0.3 is 10.2 Å². The van der Waals surface area contributed by atoms with E-state index in [0.29, 0.717) is 5.75 Å². The largest absolute Gasteiger partial charge is 0.396 e. The van der Waals surface area contributed by atoms with Crippen molar-refractivity contribution in [2.75, 3.05) is 12.4 Å². The topological polar surface area (TPSA) is 57.5 Å². The summed E-state index contributed by atoms with van der Waals surface area (Å²) in [5.41, 5.74) is -0.966. The fraction of sp³-hybridized carbons (Fsp3) is 0.875. The minimum absolute atomic E-state index is 0.00445. The first-order valence-electron chi connectivity index (χ1n) is 4.07. The first-order chi connectivity index (χ1) is 5.63. The fourth-order valence-electron chi connectivity index (χ4n) is 0.691. The lowest BCUT2D eigenvalue weighted by Gasteiger charge is -2.12. The number of thioether (sulfide) groups is 1. The molecule has 0 aromatic heterocycles. The molecule has 0 aliphatic carbocycles. The van der Waals surface area contributed by atoms with E-state index in [-0.39, 0.29) is 18.3 Å². The highest BCUT2D eigenvalue weighted by atomic mass is 32.2. The van der Waals surface area contributed by atoms with Gasteiger partial charge in [-0.3, -0.25) is 4.79 Å². The standard InChI is InChI=1S/C8H16O3S/c1-3-6(2)7(10)8(11)12-5-4-9/h6,8-9,11H,3-5H2,1-2H3. The van der Waals surface area contributed by atoms with Crippen LogP contribution in [0.4, 0.5) is 0 Å². The van der Waals surface area contributed by atoms with Crippen molar-refractivity contribution < 1.29 is 15.0 Å². The predicted molar refractivity (Wildman–Crippen MR) is 50.0 cm³/mol. The minimum Gasteiger partial charge on any atom is -0.396 e. The zero-order valence-corrected chi connectivity index (χ0v) is 8.30. The molecule has 0 rings (SSSR count).